The summed E-state index contributed by atoms with van der Waals surface area (Å²) in [4.78, 5) is 25.9. The quantitative estimate of drug-likeness (QED) is 0.294. The molecule has 6 nitrogen and oxygen atoms in total. The summed E-state index contributed by atoms with van der Waals surface area (Å²) >= 11 is 0. The number of hydrogen-bond donors (Lipinski definition) is 0. The molecule has 0 aliphatic heterocycles. The third-order valence-electron chi connectivity index (χ3n) is 6.09. The van der Waals surface area contributed by atoms with Crippen LogP contribution in [0.2, 0.25) is 0 Å². The number of aromatic nitrogens is 2. The molecule has 0 spiro atoms. The van der Waals surface area contributed by atoms with E-state index in [2.05, 4.69) is 11.1 Å². The molecule has 0 bridgehead atoms. The summed E-state index contributed by atoms with van der Waals surface area (Å²) < 4.78 is 15.1. The highest BCUT2D eigenvalue weighted by atomic mass is 16.5. The molecule has 1 saturated carbocycles. The predicted octanol–water partition coefficient (Wildman–Crippen LogP) is 4.94. The number of carbonyl (C=O) groups excluding carboxylic acids is 2. The van der Waals surface area contributed by atoms with Gasteiger partial charge in [-0.1, -0.05) is 6.08 Å². The van der Waals surface area contributed by atoms with E-state index in [1.165, 1.54) is 0 Å². The minimum atomic E-state index is -0.483. The molecule has 2 aromatic heterocycles. The van der Waals surface area contributed by atoms with E-state index in [-0.39, 0.29) is 12.4 Å². The van der Waals surface area contributed by atoms with Gasteiger partial charge in [0.2, 0.25) is 5.78 Å². The van der Waals surface area contributed by atoms with Crippen LogP contribution in [0.1, 0.15) is 56.7 Å². The topological polar surface area (TPSA) is 62.5 Å². The number of aryl methyl sites for hydroxylation is 1. The Morgan fingerprint density at radius 2 is 1.90 bits per heavy atom. The lowest BCUT2D eigenvalue weighted by atomic mass is 10.1. The van der Waals surface area contributed by atoms with E-state index in [1.54, 1.807) is 13.2 Å². The van der Waals surface area contributed by atoms with Gasteiger partial charge in [-0.3, -0.25) is 4.79 Å². The molecule has 1 aromatic carbocycles. The largest absolute Gasteiger partial charge is 0.497 e. The van der Waals surface area contributed by atoms with Crippen LogP contribution in [0.15, 0.2) is 36.9 Å². The molecule has 6 heteroatoms. The second-order valence-electron chi connectivity index (χ2n) is 8.13. The van der Waals surface area contributed by atoms with Gasteiger partial charge in [0.15, 0.2) is 6.61 Å². The maximum atomic E-state index is 13.1. The van der Waals surface area contributed by atoms with Crippen LogP contribution in [0, 0.1) is 20.8 Å². The number of fused-ring (bicyclic) bond motifs is 1. The number of allylic oxidation sites excluding steroid dienone is 1. The maximum Gasteiger partial charge on any atom is 0.341 e. The highest BCUT2D eigenvalue weighted by Crippen LogP contribution is 2.42. The molecule has 0 atom stereocenters. The molecule has 31 heavy (non-hydrogen) atoms. The monoisotopic (exact) mass is 420 g/mol. The van der Waals surface area contributed by atoms with Crippen molar-refractivity contribution in [2.45, 2.75) is 46.2 Å². The number of nitrogens with zero attached hydrogens (tertiary/aromatic N) is 2. The zero-order valence-electron chi connectivity index (χ0n) is 18.5. The Hall–Kier alpha value is -3.28. The summed E-state index contributed by atoms with van der Waals surface area (Å²) in [6.45, 7) is 9.88. The van der Waals surface area contributed by atoms with Crippen LogP contribution in [-0.4, -0.2) is 34.6 Å². The van der Waals surface area contributed by atoms with Crippen LogP contribution >= 0.6 is 0 Å². The summed E-state index contributed by atoms with van der Waals surface area (Å²) in [5.74, 6) is -0.0124. The standard InChI is InChI=1S/C25H28N2O4/c1-6-11-26-15(2)12-20(16(26)3)23(28)14-31-25(29)24-17(4)27(18-7-8-18)22-10-9-19(30-5)13-21(22)24/h6,9-10,12-13,18H,1,7-8,11,14H2,2-5H3. The van der Waals surface area contributed by atoms with E-state index in [0.717, 1.165) is 40.8 Å². The van der Waals surface area contributed by atoms with E-state index in [0.29, 0.717) is 29.5 Å². The van der Waals surface area contributed by atoms with Gasteiger partial charge in [-0.05, 0) is 57.9 Å². The van der Waals surface area contributed by atoms with E-state index in [4.69, 9.17) is 9.47 Å². The third kappa shape index (κ3) is 3.67. The number of rotatable bonds is 8. The van der Waals surface area contributed by atoms with Crippen molar-refractivity contribution in [1.82, 2.24) is 9.13 Å². The van der Waals surface area contributed by atoms with Gasteiger partial charge in [0.1, 0.15) is 5.75 Å². The molecule has 0 amide bonds. The van der Waals surface area contributed by atoms with Gasteiger partial charge < -0.3 is 18.6 Å². The fourth-order valence-electron chi connectivity index (χ4n) is 4.38. The van der Waals surface area contributed by atoms with Crippen LogP contribution in [0.4, 0.5) is 0 Å². The number of hydrogen-bond acceptors (Lipinski definition) is 4. The Morgan fingerprint density at radius 1 is 1.16 bits per heavy atom. The number of carbonyl (C=O) groups is 2. The summed E-state index contributed by atoms with van der Waals surface area (Å²) in [6, 6.07) is 8.00. The molecule has 1 aliphatic rings. The smallest absolute Gasteiger partial charge is 0.341 e. The van der Waals surface area contributed by atoms with E-state index in [1.807, 2.05) is 49.6 Å². The van der Waals surface area contributed by atoms with Crippen molar-refractivity contribution in [3.05, 3.63) is 65.1 Å². The van der Waals surface area contributed by atoms with Crippen molar-refractivity contribution < 1.29 is 19.1 Å². The molecule has 4 rings (SSSR count). The first-order valence-corrected chi connectivity index (χ1v) is 10.5. The maximum absolute atomic E-state index is 13.1. The Balaban J connectivity index is 1.61. The summed E-state index contributed by atoms with van der Waals surface area (Å²) in [6.07, 6.45) is 3.99. The zero-order valence-corrected chi connectivity index (χ0v) is 18.5. The lowest BCUT2D eigenvalue weighted by Gasteiger charge is -2.08. The normalized spacial score (nSPS) is 13.4. The van der Waals surface area contributed by atoms with Crippen molar-refractivity contribution in [2.24, 2.45) is 0 Å². The average molecular weight is 421 g/mol. The van der Waals surface area contributed by atoms with Crippen molar-refractivity contribution in [3.8, 4) is 5.75 Å². The predicted molar refractivity (Wildman–Crippen MR) is 120 cm³/mol. The average Bonchev–Trinajstić information content (AvgIpc) is 3.49. The minimum absolute atomic E-state index is 0.210. The van der Waals surface area contributed by atoms with Crippen molar-refractivity contribution >= 4 is 22.7 Å². The third-order valence-corrected chi connectivity index (χ3v) is 6.09. The summed E-state index contributed by atoms with van der Waals surface area (Å²) in [5, 5.41) is 0.797. The first-order chi connectivity index (χ1) is 14.9. The SMILES string of the molecule is C=CCn1c(C)cc(C(=O)COC(=O)c2c(C)n(C3CC3)c3ccc(OC)cc23)c1C. The van der Waals surface area contributed by atoms with Gasteiger partial charge in [-0.2, -0.15) is 0 Å². The van der Waals surface area contributed by atoms with Gasteiger partial charge in [0, 0.05) is 46.1 Å². The highest BCUT2D eigenvalue weighted by molar-refractivity contribution is 6.07. The zero-order chi connectivity index (χ0) is 22.3. The lowest BCUT2D eigenvalue weighted by molar-refractivity contribution is 0.0475. The van der Waals surface area contributed by atoms with Crippen LogP contribution in [0.25, 0.3) is 10.9 Å². The first-order valence-electron chi connectivity index (χ1n) is 10.5. The summed E-state index contributed by atoms with van der Waals surface area (Å²) in [7, 11) is 1.60. The van der Waals surface area contributed by atoms with Gasteiger partial charge in [0.25, 0.3) is 0 Å². The first kappa shape index (κ1) is 21.0. The lowest BCUT2D eigenvalue weighted by Crippen LogP contribution is -2.16. The number of benzene rings is 1. The molecular formula is C25H28N2O4. The van der Waals surface area contributed by atoms with E-state index in [9.17, 15) is 9.59 Å². The van der Waals surface area contributed by atoms with Crippen molar-refractivity contribution in [1.29, 1.82) is 0 Å². The number of esters is 1. The van der Waals surface area contributed by atoms with E-state index >= 15 is 0 Å². The van der Waals surface area contributed by atoms with E-state index < -0.39 is 5.97 Å². The van der Waals surface area contributed by atoms with Gasteiger partial charge >= 0.3 is 5.97 Å². The Labute approximate surface area is 182 Å². The van der Waals surface area contributed by atoms with Gasteiger partial charge in [-0.25, -0.2) is 4.79 Å². The molecule has 1 aliphatic carbocycles. The fraction of sp³-hybridized carbons (Fsp3) is 0.360. The van der Waals surface area contributed by atoms with Gasteiger partial charge in [-0.15, -0.1) is 6.58 Å². The number of ether oxygens (including phenoxy) is 2. The molecule has 3 aromatic rings. The molecule has 0 radical (unpaired) electrons. The van der Waals surface area contributed by atoms with Crippen LogP contribution in [0.5, 0.6) is 5.75 Å². The van der Waals surface area contributed by atoms with Crippen LogP contribution in [-0.2, 0) is 11.3 Å². The molecule has 0 unspecified atom stereocenters. The summed E-state index contributed by atoms with van der Waals surface area (Å²) in [5.41, 5.74) is 4.77. The number of Topliss-reactive ketones (excluding diaryl/α,β-unsaturated/α-hetero) is 1. The van der Waals surface area contributed by atoms with Gasteiger partial charge in [0.05, 0.1) is 12.7 Å². The molecule has 0 N–H and O–H groups in total. The molecule has 0 saturated heterocycles. The second kappa shape index (κ2) is 8.10. The Kier molecular flexibility index (Phi) is 5.48. The number of ketones is 1. The second-order valence-corrected chi connectivity index (χ2v) is 8.13. The van der Waals surface area contributed by atoms with Crippen molar-refractivity contribution in [3.63, 3.8) is 0 Å². The van der Waals surface area contributed by atoms with Crippen LogP contribution < -0.4 is 4.74 Å². The fourth-order valence-corrected chi connectivity index (χ4v) is 4.38. The molecular weight excluding hydrogens is 392 g/mol. The Bertz CT molecular complexity index is 1190. The van der Waals surface area contributed by atoms with Crippen molar-refractivity contribution in [2.75, 3.05) is 13.7 Å². The minimum Gasteiger partial charge on any atom is -0.497 e. The molecule has 162 valence electrons. The highest BCUT2D eigenvalue weighted by Gasteiger charge is 2.31. The Morgan fingerprint density at radius 3 is 2.55 bits per heavy atom. The molecule has 2 heterocycles. The number of methoxy groups -OCH3 is 1. The molecule has 1 fully saturated rings. The van der Waals surface area contributed by atoms with Crippen LogP contribution in [0.3, 0.4) is 0 Å².